The number of aromatic hydroxyl groups is 2. The predicted molar refractivity (Wildman–Crippen MR) is 69.3 cm³/mol. The molecule has 0 unspecified atom stereocenters. The van der Waals surface area contributed by atoms with Gasteiger partial charge in [-0.2, -0.15) is 0 Å². The maximum atomic E-state index is 11.4. The summed E-state index contributed by atoms with van der Waals surface area (Å²) in [5.74, 6) is -0.820. The molecule has 0 aromatic heterocycles. The van der Waals surface area contributed by atoms with Crippen molar-refractivity contribution in [3.63, 3.8) is 0 Å². The quantitative estimate of drug-likeness (QED) is 0.479. The number of carbonyl (C=O) groups is 1. The number of hydrogen-bond donors (Lipinski definition) is 2. The van der Waals surface area contributed by atoms with Gasteiger partial charge in [-0.1, -0.05) is 19.4 Å². The van der Waals surface area contributed by atoms with E-state index in [1.54, 1.807) is 6.07 Å². The molecule has 2 N–H and O–H groups in total. The number of phenols is 2. The molecule has 1 aromatic carbocycles. The van der Waals surface area contributed by atoms with Crippen LogP contribution in [-0.4, -0.2) is 22.3 Å². The summed E-state index contributed by atoms with van der Waals surface area (Å²) in [4.78, 5) is 11.4. The van der Waals surface area contributed by atoms with Gasteiger partial charge in [0.1, 0.15) is 0 Å². The Morgan fingerprint density at radius 3 is 2.72 bits per heavy atom. The molecular formula is C14H18O4. The fourth-order valence-electron chi connectivity index (χ4n) is 1.51. The molecule has 1 atom stereocenters. The second-order valence-electron chi connectivity index (χ2n) is 4.12. The van der Waals surface area contributed by atoms with Gasteiger partial charge in [-0.3, -0.25) is 0 Å². The van der Waals surface area contributed by atoms with Gasteiger partial charge in [-0.15, -0.1) is 0 Å². The Kier molecular flexibility index (Phi) is 5.24. The SMILES string of the molecule is CCC[C@H](C)OC(=O)/C=C/c1ccc(O)c(O)c1. The second-order valence-corrected chi connectivity index (χ2v) is 4.12. The van der Waals surface area contributed by atoms with Gasteiger partial charge in [0.15, 0.2) is 11.5 Å². The summed E-state index contributed by atoms with van der Waals surface area (Å²) < 4.78 is 5.13. The molecule has 0 fully saturated rings. The first-order valence-corrected chi connectivity index (χ1v) is 5.93. The lowest BCUT2D eigenvalue weighted by Gasteiger charge is -2.09. The highest BCUT2D eigenvalue weighted by molar-refractivity contribution is 5.87. The van der Waals surface area contributed by atoms with E-state index < -0.39 is 5.97 Å². The van der Waals surface area contributed by atoms with Gasteiger partial charge in [-0.25, -0.2) is 4.79 Å². The van der Waals surface area contributed by atoms with Crippen LogP contribution in [0.5, 0.6) is 11.5 Å². The van der Waals surface area contributed by atoms with Crippen molar-refractivity contribution in [1.29, 1.82) is 0 Å². The average Bonchev–Trinajstić information content (AvgIpc) is 2.31. The first kappa shape index (κ1) is 14.1. The minimum absolute atomic E-state index is 0.0969. The van der Waals surface area contributed by atoms with Crippen molar-refractivity contribution in [3.8, 4) is 11.5 Å². The normalized spacial score (nSPS) is 12.6. The van der Waals surface area contributed by atoms with Crippen molar-refractivity contribution >= 4 is 12.0 Å². The van der Waals surface area contributed by atoms with Crippen LogP contribution in [-0.2, 0) is 9.53 Å². The number of carbonyl (C=O) groups excluding carboxylic acids is 1. The summed E-state index contributed by atoms with van der Waals surface area (Å²) in [6, 6.07) is 4.32. The van der Waals surface area contributed by atoms with Crippen molar-refractivity contribution < 1.29 is 19.7 Å². The molecule has 0 aliphatic carbocycles. The predicted octanol–water partition coefficient (Wildman–Crippen LogP) is 2.84. The van der Waals surface area contributed by atoms with E-state index in [1.165, 1.54) is 24.3 Å². The molecule has 0 saturated carbocycles. The molecule has 1 aromatic rings. The zero-order chi connectivity index (χ0) is 13.5. The number of rotatable bonds is 5. The summed E-state index contributed by atoms with van der Waals surface area (Å²) >= 11 is 0. The minimum Gasteiger partial charge on any atom is -0.504 e. The van der Waals surface area contributed by atoms with Crippen molar-refractivity contribution in [2.75, 3.05) is 0 Å². The fraction of sp³-hybridized carbons (Fsp3) is 0.357. The summed E-state index contributed by atoms with van der Waals surface area (Å²) in [7, 11) is 0. The third-order valence-electron chi connectivity index (χ3n) is 2.42. The number of hydrogen-bond acceptors (Lipinski definition) is 4. The molecule has 1 rings (SSSR count). The molecule has 0 bridgehead atoms. The number of phenolic OH excluding ortho intramolecular Hbond substituents is 2. The van der Waals surface area contributed by atoms with Crippen molar-refractivity contribution in [2.24, 2.45) is 0 Å². The van der Waals surface area contributed by atoms with Gasteiger partial charge in [0.05, 0.1) is 6.10 Å². The number of esters is 1. The van der Waals surface area contributed by atoms with Gasteiger partial charge in [0.25, 0.3) is 0 Å². The lowest BCUT2D eigenvalue weighted by atomic mass is 10.2. The number of ether oxygens (including phenoxy) is 1. The third-order valence-corrected chi connectivity index (χ3v) is 2.42. The monoisotopic (exact) mass is 250 g/mol. The number of benzene rings is 1. The highest BCUT2D eigenvalue weighted by atomic mass is 16.5. The first-order chi connectivity index (χ1) is 8.52. The summed E-state index contributed by atoms with van der Waals surface area (Å²) in [6.07, 6.45) is 4.53. The highest BCUT2D eigenvalue weighted by Crippen LogP contribution is 2.25. The van der Waals surface area contributed by atoms with Crippen LogP contribution in [0.25, 0.3) is 6.08 Å². The molecule has 0 amide bonds. The molecule has 0 aliphatic heterocycles. The summed E-state index contributed by atoms with van der Waals surface area (Å²) in [5.41, 5.74) is 0.616. The molecular weight excluding hydrogens is 232 g/mol. The Balaban J connectivity index is 2.58. The van der Waals surface area contributed by atoms with E-state index in [2.05, 4.69) is 0 Å². The Morgan fingerprint density at radius 2 is 2.11 bits per heavy atom. The van der Waals surface area contributed by atoms with Crippen molar-refractivity contribution in [3.05, 3.63) is 29.8 Å². The molecule has 0 heterocycles. The lowest BCUT2D eigenvalue weighted by molar-refractivity contribution is -0.142. The fourth-order valence-corrected chi connectivity index (χ4v) is 1.51. The first-order valence-electron chi connectivity index (χ1n) is 5.93. The molecule has 0 saturated heterocycles. The molecule has 98 valence electrons. The third kappa shape index (κ3) is 4.49. The Labute approximate surface area is 107 Å². The summed E-state index contributed by atoms with van der Waals surface area (Å²) in [6.45, 7) is 3.88. The lowest BCUT2D eigenvalue weighted by Crippen LogP contribution is -2.12. The van der Waals surface area contributed by atoms with E-state index in [0.717, 1.165) is 12.8 Å². The van der Waals surface area contributed by atoms with Gasteiger partial charge >= 0.3 is 5.97 Å². The van der Waals surface area contributed by atoms with Crippen molar-refractivity contribution in [2.45, 2.75) is 32.8 Å². The van der Waals surface area contributed by atoms with Gasteiger partial charge in [0.2, 0.25) is 0 Å². The van der Waals surface area contributed by atoms with Gasteiger partial charge in [-0.05, 0) is 37.1 Å². The zero-order valence-corrected chi connectivity index (χ0v) is 10.6. The zero-order valence-electron chi connectivity index (χ0n) is 10.6. The molecule has 0 aliphatic rings. The van der Waals surface area contributed by atoms with Crippen LogP contribution < -0.4 is 0 Å². The minimum atomic E-state index is -0.413. The Bertz CT molecular complexity index is 437. The maximum Gasteiger partial charge on any atom is 0.331 e. The molecule has 0 spiro atoms. The standard InChI is InChI=1S/C14H18O4/c1-3-4-10(2)18-14(17)8-6-11-5-7-12(15)13(16)9-11/h5-10,15-16H,3-4H2,1-2H3/b8-6+/t10-/m0/s1. The smallest absolute Gasteiger partial charge is 0.331 e. The van der Waals surface area contributed by atoms with Crippen LogP contribution in [0, 0.1) is 0 Å². The highest BCUT2D eigenvalue weighted by Gasteiger charge is 2.05. The maximum absolute atomic E-state index is 11.4. The van der Waals surface area contributed by atoms with Crippen molar-refractivity contribution in [1.82, 2.24) is 0 Å². The topological polar surface area (TPSA) is 66.8 Å². The van der Waals surface area contributed by atoms with Gasteiger partial charge in [0, 0.05) is 6.08 Å². The summed E-state index contributed by atoms with van der Waals surface area (Å²) in [5, 5.41) is 18.4. The van der Waals surface area contributed by atoms with Crippen LogP contribution in [0.3, 0.4) is 0 Å². The van der Waals surface area contributed by atoms with E-state index in [0.29, 0.717) is 5.56 Å². The molecule has 0 radical (unpaired) electrons. The van der Waals surface area contributed by atoms with Gasteiger partial charge < -0.3 is 14.9 Å². The Morgan fingerprint density at radius 1 is 1.39 bits per heavy atom. The van der Waals surface area contributed by atoms with Crippen LogP contribution in [0.15, 0.2) is 24.3 Å². The largest absolute Gasteiger partial charge is 0.504 e. The van der Waals surface area contributed by atoms with Crippen LogP contribution >= 0.6 is 0 Å². The van der Waals surface area contributed by atoms with Crippen LogP contribution in [0.1, 0.15) is 32.3 Å². The van der Waals surface area contributed by atoms with E-state index in [9.17, 15) is 9.90 Å². The molecule has 4 heteroatoms. The van der Waals surface area contributed by atoms with E-state index in [4.69, 9.17) is 9.84 Å². The van der Waals surface area contributed by atoms with E-state index in [1.807, 2.05) is 13.8 Å². The molecule has 18 heavy (non-hydrogen) atoms. The average molecular weight is 250 g/mol. The second kappa shape index (κ2) is 6.69. The Hall–Kier alpha value is -1.97. The molecule has 4 nitrogen and oxygen atoms in total. The van der Waals surface area contributed by atoms with E-state index >= 15 is 0 Å². The van der Waals surface area contributed by atoms with E-state index in [-0.39, 0.29) is 17.6 Å². The van der Waals surface area contributed by atoms with Crippen LogP contribution in [0.2, 0.25) is 0 Å². The van der Waals surface area contributed by atoms with Crippen LogP contribution in [0.4, 0.5) is 0 Å².